The van der Waals surface area contributed by atoms with Gasteiger partial charge in [0, 0.05) is 70.7 Å². The van der Waals surface area contributed by atoms with Crippen molar-refractivity contribution in [1.29, 1.82) is 5.26 Å². The maximum atomic E-state index is 17.2. The number of amides is 1. The van der Waals surface area contributed by atoms with Gasteiger partial charge in [0.05, 0.1) is 47.4 Å². The molecule has 2 saturated carbocycles. The Bertz CT molecular complexity index is 2300. The minimum Gasteiger partial charge on any atom is -0.497 e. The van der Waals surface area contributed by atoms with Crippen LogP contribution in [0.1, 0.15) is 61.1 Å². The summed E-state index contributed by atoms with van der Waals surface area (Å²) in [5.74, 6) is 1.54. The first-order valence-electron chi connectivity index (χ1n) is 18.1. The number of ether oxygens (including phenoxy) is 2. The zero-order valence-electron chi connectivity index (χ0n) is 29.0. The molecule has 0 unspecified atom stereocenters. The number of carbonyl (C=O) groups excluding carboxylic acids is 1. The van der Waals surface area contributed by atoms with Gasteiger partial charge < -0.3 is 24.3 Å². The number of benzene rings is 3. The van der Waals surface area contributed by atoms with Gasteiger partial charge in [-0.2, -0.15) is 5.26 Å². The van der Waals surface area contributed by atoms with Crippen molar-refractivity contribution in [3.63, 3.8) is 0 Å². The second kappa shape index (κ2) is 12.9. The van der Waals surface area contributed by atoms with E-state index in [0.717, 1.165) is 42.4 Å². The Morgan fingerprint density at radius 2 is 1.90 bits per heavy atom. The number of likely N-dealkylation sites (tertiary alicyclic amines) is 1. The number of pyridine rings is 1. The van der Waals surface area contributed by atoms with E-state index in [1.165, 1.54) is 0 Å². The van der Waals surface area contributed by atoms with Gasteiger partial charge in [0.15, 0.2) is 5.82 Å². The molecule has 2 aromatic heterocycles. The van der Waals surface area contributed by atoms with Crippen LogP contribution in [0, 0.1) is 35.9 Å². The molecule has 5 fully saturated rings. The number of hydrogen-bond acceptors (Lipinski definition) is 6. The molecule has 5 heterocycles. The van der Waals surface area contributed by atoms with Gasteiger partial charge in [-0.1, -0.05) is 41.4 Å². The summed E-state index contributed by atoms with van der Waals surface area (Å²) in [6, 6.07) is 19.4. The summed E-state index contributed by atoms with van der Waals surface area (Å²) >= 11 is 13.1. The Kier molecular flexibility index (Phi) is 8.33. The van der Waals surface area contributed by atoms with Crippen molar-refractivity contribution in [3.05, 3.63) is 87.4 Å². The summed E-state index contributed by atoms with van der Waals surface area (Å²) in [4.78, 5) is 21.0. The van der Waals surface area contributed by atoms with E-state index in [1.807, 2.05) is 42.2 Å². The van der Waals surface area contributed by atoms with E-state index >= 15 is 4.39 Å². The minimum absolute atomic E-state index is 0.0372. The highest BCUT2D eigenvalue weighted by Gasteiger charge is 2.51. The first-order chi connectivity index (χ1) is 25.2. The third-order valence-corrected chi connectivity index (χ3v) is 12.4. The molecular weight excluding hydrogens is 700 g/mol. The molecule has 0 radical (unpaired) electrons. The van der Waals surface area contributed by atoms with Gasteiger partial charge in [-0.15, -0.1) is 0 Å². The lowest BCUT2D eigenvalue weighted by Crippen LogP contribution is -2.41. The smallest absolute Gasteiger partial charge is 0.226 e. The van der Waals surface area contributed by atoms with E-state index in [2.05, 4.69) is 22.0 Å². The maximum absolute atomic E-state index is 17.2. The van der Waals surface area contributed by atoms with Gasteiger partial charge in [0.25, 0.3) is 0 Å². The van der Waals surface area contributed by atoms with Crippen LogP contribution < -0.4 is 14.8 Å². The number of fused-ring (bicyclic) bond motifs is 4. The topological polar surface area (TPSA) is 92.4 Å². The molecule has 2 bridgehead atoms. The molecular formula is C41H38Cl2FN5O3. The highest BCUT2D eigenvalue weighted by Crippen LogP contribution is 2.51. The number of aryl methyl sites for hydroxylation is 2. The lowest BCUT2D eigenvalue weighted by Gasteiger charge is -2.39. The predicted molar refractivity (Wildman–Crippen MR) is 199 cm³/mol. The van der Waals surface area contributed by atoms with E-state index in [9.17, 15) is 10.1 Å². The van der Waals surface area contributed by atoms with E-state index in [0.29, 0.717) is 69.6 Å². The summed E-state index contributed by atoms with van der Waals surface area (Å²) in [5.41, 5.74) is 4.36. The van der Waals surface area contributed by atoms with Crippen LogP contribution in [-0.2, 0) is 11.2 Å². The summed E-state index contributed by atoms with van der Waals surface area (Å²) in [6.45, 7) is 3.31. The first kappa shape index (κ1) is 33.5. The Morgan fingerprint density at radius 1 is 1.10 bits per heavy atom. The van der Waals surface area contributed by atoms with Crippen molar-refractivity contribution in [2.45, 2.75) is 69.7 Å². The van der Waals surface area contributed by atoms with Crippen LogP contribution in [-0.4, -0.2) is 52.7 Å². The number of rotatable bonds is 9. The normalized spacial score (nSPS) is 23.6. The number of nitrogens with one attached hydrogen (secondary N) is 1. The van der Waals surface area contributed by atoms with Crippen LogP contribution in [0.15, 0.2) is 54.6 Å². The molecule has 5 aromatic rings. The zero-order valence-corrected chi connectivity index (χ0v) is 30.5. The molecule has 3 aliphatic heterocycles. The fourth-order valence-corrected chi connectivity index (χ4v) is 9.33. The van der Waals surface area contributed by atoms with Gasteiger partial charge >= 0.3 is 0 Å². The summed E-state index contributed by atoms with van der Waals surface area (Å²) in [7, 11) is 1.63. The molecule has 52 heavy (non-hydrogen) atoms. The average molecular weight is 739 g/mol. The number of halogens is 3. The first-order valence-corrected chi connectivity index (χ1v) is 18.8. The van der Waals surface area contributed by atoms with Crippen molar-refractivity contribution in [2.75, 3.05) is 20.2 Å². The number of methoxy groups -OCH3 is 1. The van der Waals surface area contributed by atoms with E-state index in [-0.39, 0.29) is 53.0 Å². The van der Waals surface area contributed by atoms with E-state index in [1.54, 1.807) is 25.3 Å². The molecule has 3 aromatic carbocycles. The Hall–Kier alpha value is -4.36. The standard InChI is InChI=1S/C41H38Cl2FN5O3/c1-21-29-18-34(33-17-27(20-48(33)41(50)22-11-12-22)52-26-8-3-7-25(16-26)51-2)49(39-24-15-32(39)46-19-24)40(29)30-14-23(6-5-13-45)35(37(44)38(30)47-21)28-9-4-10-31(42)36(28)43/h3-4,7-10,14,16,18,22,24,27,32-33,39,46H,5-6,11-12,15,17,19-20H2,1-2H3/t24-,27+,32-,33-,39+/m1/s1. The number of nitriles is 1. The molecule has 266 valence electrons. The van der Waals surface area contributed by atoms with E-state index < -0.39 is 5.82 Å². The van der Waals surface area contributed by atoms with Crippen LogP contribution in [0.4, 0.5) is 4.39 Å². The van der Waals surface area contributed by atoms with Crippen LogP contribution in [0.2, 0.25) is 10.0 Å². The molecule has 5 aliphatic rings. The molecule has 5 atom stereocenters. The van der Waals surface area contributed by atoms with Gasteiger partial charge in [-0.05, 0) is 74.4 Å². The number of hydrogen-bond donors (Lipinski definition) is 1. The van der Waals surface area contributed by atoms with E-state index in [4.69, 9.17) is 37.7 Å². The number of carbonyl (C=O) groups is 1. The minimum atomic E-state index is -0.484. The molecule has 2 aliphatic carbocycles. The largest absolute Gasteiger partial charge is 0.497 e. The fraction of sp³-hybridized carbons (Fsp3) is 0.390. The monoisotopic (exact) mass is 737 g/mol. The molecule has 8 nitrogen and oxygen atoms in total. The quantitative estimate of drug-likeness (QED) is 0.163. The average Bonchev–Trinajstić information content (AvgIpc) is 3.43. The van der Waals surface area contributed by atoms with Crippen molar-refractivity contribution in [3.8, 4) is 28.7 Å². The van der Waals surface area contributed by atoms with Gasteiger partial charge in [0.1, 0.15) is 23.1 Å². The molecule has 3 saturated heterocycles. The Morgan fingerprint density at radius 3 is 2.63 bits per heavy atom. The van der Waals surface area contributed by atoms with Crippen LogP contribution in [0.5, 0.6) is 11.5 Å². The van der Waals surface area contributed by atoms with Gasteiger partial charge in [0.2, 0.25) is 5.91 Å². The van der Waals surface area contributed by atoms with Crippen molar-refractivity contribution in [2.24, 2.45) is 11.8 Å². The van der Waals surface area contributed by atoms with Gasteiger partial charge in [-0.3, -0.25) is 4.79 Å². The summed E-state index contributed by atoms with van der Waals surface area (Å²) in [6.07, 6.45) is 3.81. The summed E-state index contributed by atoms with van der Waals surface area (Å²) in [5, 5.41) is 15.5. The van der Waals surface area contributed by atoms with Crippen molar-refractivity contribution < 1.29 is 18.7 Å². The highest BCUT2D eigenvalue weighted by atomic mass is 35.5. The Labute approximate surface area is 311 Å². The predicted octanol–water partition coefficient (Wildman–Crippen LogP) is 8.74. The van der Waals surface area contributed by atoms with Crippen LogP contribution >= 0.6 is 23.2 Å². The SMILES string of the molecule is COc1cccc(O[C@H]2C[C@H](c3cc4c(C)nc5c(F)c(-c6cccc(Cl)c6Cl)c(CCC#N)cc5c4n3[C@H]3[C@H]4CN[C@@H]3C4)N(C(=O)C3CC3)C2)c1. The van der Waals surface area contributed by atoms with Crippen molar-refractivity contribution >= 4 is 50.9 Å². The highest BCUT2D eigenvalue weighted by molar-refractivity contribution is 6.43. The van der Waals surface area contributed by atoms with Crippen LogP contribution in [0.3, 0.4) is 0 Å². The lowest BCUT2D eigenvalue weighted by molar-refractivity contribution is -0.133. The zero-order chi connectivity index (χ0) is 35.8. The summed E-state index contributed by atoms with van der Waals surface area (Å²) < 4.78 is 31.6. The molecule has 0 spiro atoms. The second-order valence-electron chi connectivity index (χ2n) is 14.7. The molecule has 10 rings (SSSR count). The lowest BCUT2D eigenvalue weighted by atomic mass is 9.79. The third-order valence-electron chi connectivity index (χ3n) is 11.6. The molecule has 11 heteroatoms. The molecule has 1 amide bonds. The second-order valence-corrected chi connectivity index (χ2v) is 15.5. The molecule has 1 N–H and O–H groups in total. The van der Waals surface area contributed by atoms with Crippen LogP contribution in [0.25, 0.3) is 32.9 Å². The maximum Gasteiger partial charge on any atom is 0.226 e. The Balaban J connectivity index is 1.25. The third kappa shape index (κ3) is 5.41. The number of nitrogens with zero attached hydrogens (tertiary/aromatic N) is 4. The fourth-order valence-electron chi connectivity index (χ4n) is 8.94. The van der Waals surface area contributed by atoms with Crippen molar-refractivity contribution in [1.82, 2.24) is 19.8 Å². The number of aromatic nitrogens is 2. The van der Waals surface area contributed by atoms with Gasteiger partial charge in [-0.25, -0.2) is 9.37 Å².